The van der Waals surface area contributed by atoms with Crippen LogP contribution in [-0.2, 0) is 16.1 Å². The molecule has 1 aromatic carbocycles. The molecule has 2 rings (SSSR count). The second kappa shape index (κ2) is 4.37. The van der Waals surface area contributed by atoms with Crippen molar-refractivity contribution in [2.75, 3.05) is 0 Å². The summed E-state index contributed by atoms with van der Waals surface area (Å²) in [6.45, 7) is 3.92. The van der Waals surface area contributed by atoms with E-state index in [9.17, 15) is 8.42 Å². The smallest absolute Gasteiger partial charge is 0.296 e. The van der Waals surface area contributed by atoms with Crippen molar-refractivity contribution in [3.05, 3.63) is 29.3 Å². The van der Waals surface area contributed by atoms with E-state index in [1.54, 1.807) is 7.05 Å². The molecule has 18 heavy (non-hydrogen) atoms. The number of rotatable bonds is 2. The van der Waals surface area contributed by atoms with Crippen LogP contribution >= 0.6 is 10.7 Å². The van der Waals surface area contributed by atoms with Crippen LogP contribution in [0.2, 0.25) is 0 Å². The van der Waals surface area contributed by atoms with Crippen LogP contribution in [0.25, 0.3) is 11.4 Å². The van der Waals surface area contributed by atoms with E-state index < -0.39 is 9.05 Å². The highest BCUT2D eigenvalue weighted by atomic mass is 35.7. The molecule has 0 fully saturated rings. The first-order valence-electron chi connectivity index (χ1n) is 5.22. The Morgan fingerprint density at radius 3 is 2.39 bits per heavy atom. The molecule has 0 amide bonds. The van der Waals surface area contributed by atoms with E-state index in [0.717, 1.165) is 16.7 Å². The van der Waals surface area contributed by atoms with E-state index >= 15 is 0 Å². The third kappa shape index (κ3) is 2.26. The van der Waals surface area contributed by atoms with Gasteiger partial charge in [0.2, 0.25) is 0 Å². The van der Waals surface area contributed by atoms with E-state index in [1.165, 1.54) is 4.57 Å². The van der Waals surface area contributed by atoms with Gasteiger partial charge in [0, 0.05) is 23.3 Å². The van der Waals surface area contributed by atoms with E-state index in [4.69, 9.17) is 10.7 Å². The molecule has 0 spiro atoms. The summed E-state index contributed by atoms with van der Waals surface area (Å²) in [4.78, 5) is 0. The van der Waals surface area contributed by atoms with E-state index in [1.807, 2.05) is 32.0 Å². The van der Waals surface area contributed by atoms with Gasteiger partial charge in [-0.3, -0.25) is 4.57 Å². The zero-order valence-electron chi connectivity index (χ0n) is 10.2. The van der Waals surface area contributed by atoms with Crippen molar-refractivity contribution in [2.45, 2.75) is 19.0 Å². The predicted octanol–water partition coefficient (Wildman–Crippen LogP) is 2.03. The minimum absolute atomic E-state index is 0.251. The lowest BCUT2D eigenvalue weighted by atomic mass is 10.1. The Morgan fingerprint density at radius 2 is 1.89 bits per heavy atom. The van der Waals surface area contributed by atoms with E-state index in [-0.39, 0.29) is 5.16 Å². The second-order valence-electron chi connectivity index (χ2n) is 4.12. The normalized spacial score (nSPS) is 11.8. The summed E-state index contributed by atoms with van der Waals surface area (Å²) in [7, 11) is 2.97. The molecule has 0 bridgehead atoms. The summed E-state index contributed by atoms with van der Waals surface area (Å²) >= 11 is 0. The number of benzene rings is 1. The number of aromatic nitrogens is 3. The van der Waals surface area contributed by atoms with Gasteiger partial charge < -0.3 is 0 Å². The van der Waals surface area contributed by atoms with Gasteiger partial charge in [-0.15, -0.1) is 10.2 Å². The molecule has 7 heteroatoms. The maximum absolute atomic E-state index is 11.3. The number of aryl methyl sites for hydroxylation is 2. The fourth-order valence-corrected chi connectivity index (χ4v) is 2.78. The molecule has 0 aliphatic heterocycles. The molecule has 0 saturated carbocycles. The van der Waals surface area contributed by atoms with Gasteiger partial charge in [0.25, 0.3) is 14.2 Å². The largest absolute Gasteiger partial charge is 0.300 e. The summed E-state index contributed by atoms with van der Waals surface area (Å²) in [5.74, 6) is 0.478. The molecule has 0 aliphatic rings. The Hall–Kier alpha value is -1.40. The van der Waals surface area contributed by atoms with Gasteiger partial charge in [-0.2, -0.15) is 0 Å². The third-order valence-corrected chi connectivity index (χ3v) is 3.88. The molecule has 96 valence electrons. The van der Waals surface area contributed by atoms with Crippen molar-refractivity contribution in [3.8, 4) is 11.4 Å². The Morgan fingerprint density at radius 1 is 1.22 bits per heavy atom. The zero-order valence-corrected chi connectivity index (χ0v) is 11.7. The number of nitrogens with zero attached hydrogens (tertiary/aromatic N) is 3. The highest BCUT2D eigenvalue weighted by Crippen LogP contribution is 2.24. The van der Waals surface area contributed by atoms with Crippen molar-refractivity contribution in [3.63, 3.8) is 0 Å². The van der Waals surface area contributed by atoms with Crippen LogP contribution in [0.15, 0.2) is 23.4 Å². The van der Waals surface area contributed by atoms with Crippen molar-refractivity contribution < 1.29 is 8.42 Å². The summed E-state index contributed by atoms with van der Waals surface area (Å²) in [6, 6.07) is 5.82. The van der Waals surface area contributed by atoms with Gasteiger partial charge in [-0.05, 0) is 19.4 Å². The van der Waals surface area contributed by atoms with Gasteiger partial charge in [0.15, 0.2) is 5.82 Å². The second-order valence-corrected chi connectivity index (χ2v) is 6.58. The van der Waals surface area contributed by atoms with Crippen molar-refractivity contribution in [2.24, 2.45) is 7.05 Å². The highest BCUT2D eigenvalue weighted by Gasteiger charge is 2.21. The molecule has 0 N–H and O–H groups in total. The van der Waals surface area contributed by atoms with E-state index in [0.29, 0.717) is 5.82 Å². The monoisotopic (exact) mass is 285 g/mol. The van der Waals surface area contributed by atoms with Crippen LogP contribution in [0, 0.1) is 13.8 Å². The molecule has 0 radical (unpaired) electrons. The van der Waals surface area contributed by atoms with Gasteiger partial charge in [-0.1, -0.05) is 23.8 Å². The van der Waals surface area contributed by atoms with Crippen LogP contribution < -0.4 is 0 Å². The summed E-state index contributed by atoms with van der Waals surface area (Å²) in [6.07, 6.45) is 0. The Labute approximate surface area is 110 Å². The summed E-state index contributed by atoms with van der Waals surface area (Å²) in [5.41, 5.74) is 2.97. The first kappa shape index (κ1) is 13.0. The quantitative estimate of drug-likeness (QED) is 0.792. The van der Waals surface area contributed by atoms with Crippen LogP contribution in [0.3, 0.4) is 0 Å². The average Bonchev–Trinajstić information content (AvgIpc) is 2.60. The lowest BCUT2D eigenvalue weighted by Crippen LogP contribution is -2.03. The molecule has 2 aromatic rings. The van der Waals surface area contributed by atoms with Crippen LogP contribution in [0.5, 0.6) is 0 Å². The van der Waals surface area contributed by atoms with Crippen LogP contribution in [-0.4, -0.2) is 23.2 Å². The molecule has 5 nitrogen and oxygen atoms in total. The maximum Gasteiger partial charge on any atom is 0.296 e. The minimum atomic E-state index is -3.88. The van der Waals surface area contributed by atoms with Crippen LogP contribution in [0.4, 0.5) is 0 Å². The van der Waals surface area contributed by atoms with E-state index in [2.05, 4.69) is 10.2 Å². The Kier molecular flexibility index (Phi) is 3.16. The topological polar surface area (TPSA) is 64.8 Å². The molecule has 0 saturated heterocycles. The molecule has 0 atom stereocenters. The summed E-state index contributed by atoms with van der Waals surface area (Å²) < 4.78 is 23.9. The van der Waals surface area contributed by atoms with Crippen molar-refractivity contribution in [1.82, 2.24) is 14.8 Å². The Bertz CT molecular complexity index is 707. The highest BCUT2D eigenvalue weighted by molar-refractivity contribution is 8.13. The van der Waals surface area contributed by atoms with Gasteiger partial charge >= 0.3 is 0 Å². The van der Waals surface area contributed by atoms with Gasteiger partial charge in [0.1, 0.15) is 0 Å². The third-order valence-electron chi connectivity index (χ3n) is 2.68. The minimum Gasteiger partial charge on any atom is -0.300 e. The predicted molar refractivity (Wildman–Crippen MR) is 69.0 cm³/mol. The zero-order chi connectivity index (χ0) is 13.5. The first-order chi connectivity index (χ1) is 8.30. The molecular weight excluding hydrogens is 274 g/mol. The maximum atomic E-state index is 11.3. The molecule has 0 aliphatic carbocycles. The summed E-state index contributed by atoms with van der Waals surface area (Å²) in [5, 5.41) is 7.26. The SMILES string of the molecule is Cc1ccc(-c2nnc(S(=O)(=O)Cl)n2C)c(C)c1. The number of hydrogen-bond acceptors (Lipinski definition) is 4. The fraction of sp³-hybridized carbons (Fsp3) is 0.273. The molecule has 0 unspecified atom stereocenters. The Balaban J connectivity index is 2.63. The first-order valence-corrected chi connectivity index (χ1v) is 7.53. The number of halogens is 1. The average molecular weight is 286 g/mol. The lowest BCUT2D eigenvalue weighted by molar-refractivity contribution is 0.593. The lowest BCUT2D eigenvalue weighted by Gasteiger charge is -2.06. The fourth-order valence-electron chi connectivity index (χ4n) is 1.83. The van der Waals surface area contributed by atoms with Gasteiger partial charge in [-0.25, -0.2) is 8.42 Å². The number of hydrogen-bond donors (Lipinski definition) is 0. The molecule has 1 heterocycles. The van der Waals surface area contributed by atoms with Crippen molar-refractivity contribution in [1.29, 1.82) is 0 Å². The molecular formula is C11H12ClN3O2S. The van der Waals surface area contributed by atoms with Crippen molar-refractivity contribution >= 4 is 19.7 Å². The standard InChI is InChI=1S/C11H12ClN3O2S/c1-7-4-5-9(8(2)6-7)10-13-14-11(15(10)3)18(12,16)17/h4-6H,1-3H3. The van der Waals surface area contributed by atoms with Gasteiger partial charge in [0.05, 0.1) is 0 Å². The molecule has 1 aromatic heterocycles. The van der Waals surface area contributed by atoms with Crippen LogP contribution in [0.1, 0.15) is 11.1 Å².